The summed E-state index contributed by atoms with van der Waals surface area (Å²) in [6.45, 7) is 1.71. The average Bonchev–Trinajstić information content (AvgIpc) is 3.03. The molecular weight excluding hydrogens is 375 g/mol. The number of halogens is 1. The fourth-order valence-electron chi connectivity index (χ4n) is 2.22. The van der Waals surface area contributed by atoms with Crippen molar-refractivity contribution in [2.24, 2.45) is 7.05 Å². The van der Waals surface area contributed by atoms with E-state index in [1.807, 2.05) is 0 Å². The Bertz CT molecular complexity index is 1040. The summed E-state index contributed by atoms with van der Waals surface area (Å²) in [6, 6.07) is 7.89. The van der Waals surface area contributed by atoms with Crippen LogP contribution < -0.4 is 5.32 Å². The molecule has 3 rings (SSSR count). The molecule has 0 aliphatic rings. The van der Waals surface area contributed by atoms with Gasteiger partial charge < -0.3 is 5.32 Å². The van der Waals surface area contributed by atoms with Gasteiger partial charge in [-0.25, -0.2) is 9.07 Å². The number of anilines is 1. The molecule has 138 valence electrons. The van der Waals surface area contributed by atoms with E-state index in [1.165, 1.54) is 35.0 Å². The standard InChI is InChI=1S/C16H13FN6O3S/c1-9-3-4-10(17)7-13(9)18-15(24)12-8-11(23(25)26)5-6-14(12)27-16-19-20-21-22(16)2/h3-8H,1-2H3,(H,18,24). The highest BCUT2D eigenvalue weighted by Gasteiger charge is 2.20. The maximum Gasteiger partial charge on any atom is 0.270 e. The van der Waals surface area contributed by atoms with E-state index < -0.39 is 16.6 Å². The predicted molar refractivity (Wildman–Crippen MR) is 95.1 cm³/mol. The number of rotatable bonds is 5. The van der Waals surface area contributed by atoms with Crippen LogP contribution in [-0.4, -0.2) is 31.0 Å². The first kappa shape index (κ1) is 18.5. The minimum absolute atomic E-state index is 0.0564. The molecule has 0 fully saturated rings. The Morgan fingerprint density at radius 2 is 2.07 bits per heavy atom. The summed E-state index contributed by atoms with van der Waals surface area (Å²) in [7, 11) is 1.63. The molecule has 11 heteroatoms. The van der Waals surface area contributed by atoms with Gasteiger partial charge in [0.25, 0.3) is 11.6 Å². The number of nitro benzene ring substituents is 1. The molecule has 3 aromatic rings. The number of carbonyl (C=O) groups excluding carboxylic acids is 1. The Balaban J connectivity index is 1.99. The highest BCUT2D eigenvalue weighted by Crippen LogP contribution is 2.31. The van der Waals surface area contributed by atoms with Crippen LogP contribution in [0.1, 0.15) is 15.9 Å². The lowest BCUT2D eigenvalue weighted by Gasteiger charge is -2.11. The number of aryl methyl sites for hydroxylation is 2. The quantitative estimate of drug-likeness (QED) is 0.527. The summed E-state index contributed by atoms with van der Waals surface area (Å²) >= 11 is 1.08. The number of nitro groups is 1. The Labute approximate surface area is 156 Å². The zero-order chi connectivity index (χ0) is 19.6. The Morgan fingerprint density at radius 1 is 1.30 bits per heavy atom. The highest BCUT2D eigenvalue weighted by molar-refractivity contribution is 7.99. The molecule has 0 radical (unpaired) electrons. The van der Waals surface area contributed by atoms with Crippen molar-refractivity contribution in [1.82, 2.24) is 20.2 Å². The summed E-state index contributed by atoms with van der Waals surface area (Å²) in [5, 5.41) is 25.1. The number of carbonyl (C=O) groups is 1. The summed E-state index contributed by atoms with van der Waals surface area (Å²) in [6.07, 6.45) is 0. The first-order chi connectivity index (χ1) is 12.8. The molecule has 1 amide bonds. The van der Waals surface area contributed by atoms with Crippen molar-refractivity contribution in [3.63, 3.8) is 0 Å². The van der Waals surface area contributed by atoms with Crippen molar-refractivity contribution in [2.75, 3.05) is 5.32 Å². The number of amides is 1. The van der Waals surface area contributed by atoms with Gasteiger partial charge in [-0.3, -0.25) is 14.9 Å². The molecule has 0 atom stereocenters. The van der Waals surface area contributed by atoms with Crippen LogP contribution in [0.5, 0.6) is 0 Å². The van der Waals surface area contributed by atoms with E-state index in [0.717, 1.165) is 17.8 Å². The predicted octanol–water partition coefficient (Wildman–Crippen LogP) is 2.97. The lowest BCUT2D eigenvalue weighted by atomic mass is 10.1. The zero-order valence-electron chi connectivity index (χ0n) is 14.2. The Morgan fingerprint density at radius 3 is 2.74 bits per heavy atom. The van der Waals surface area contributed by atoms with Gasteiger partial charge in [0.1, 0.15) is 5.82 Å². The summed E-state index contributed by atoms with van der Waals surface area (Å²) in [5.41, 5.74) is 0.752. The second-order valence-electron chi connectivity index (χ2n) is 5.54. The molecule has 1 aromatic heterocycles. The number of non-ortho nitro benzene ring substituents is 1. The first-order valence-corrected chi connectivity index (χ1v) is 8.43. The molecule has 0 aliphatic heterocycles. The van der Waals surface area contributed by atoms with Crippen LogP contribution in [0.15, 0.2) is 46.5 Å². The third-order valence-electron chi connectivity index (χ3n) is 3.65. The maximum atomic E-state index is 13.5. The molecule has 0 bridgehead atoms. The van der Waals surface area contributed by atoms with Gasteiger partial charge >= 0.3 is 0 Å². The zero-order valence-corrected chi connectivity index (χ0v) is 15.0. The number of nitrogens with one attached hydrogen (secondary N) is 1. The van der Waals surface area contributed by atoms with Gasteiger partial charge in [-0.2, -0.15) is 0 Å². The van der Waals surface area contributed by atoms with Crippen molar-refractivity contribution in [2.45, 2.75) is 17.0 Å². The van der Waals surface area contributed by atoms with E-state index in [-0.39, 0.29) is 16.9 Å². The second kappa shape index (κ2) is 7.50. The molecule has 1 heterocycles. The number of aromatic nitrogens is 4. The monoisotopic (exact) mass is 388 g/mol. The minimum Gasteiger partial charge on any atom is -0.322 e. The van der Waals surface area contributed by atoms with E-state index in [2.05, 4.69) is 20.8 Å². The van der Waals surface area contributed by atoms with Crippen LogP contribution >= 0.6 is 11.8 Å². The molecule has 0 unspecified atom stereocenters. The van der Waals surface area contributed by atoms with E-state index in [1.54, 1.807) is 14.0 Å². The largest absolute Gasteiger partial charge is 0.322 e. The number of tetrazole rings is 1. The maximum absolute atomic E-state index is 13.5. The molecule has 0 spiro atoms. The SMILES string of the molecule is Cc1ccc(F)cc1NC(=O)c1cc([N+](=O)[O-])ccc1Sc1nnnn1C. The molecule has 0 saturated carbocycles. The molecule has 2 aromatic carbocycles. The van der Waals surface area contributed by atoms with Crippen LogP contribution in [0.25, 0.3) is 0 Å². The van der Waals surface area contributed by atoms with Crippen LogP contribution in [0.2, 0.25) is 0 Å². The topological polar surface area (TPSA) is 116 Å². The molecule has 0 saturated heterocycles. The van der Waals surface area contributed by atoms with Crippen LogP contribution in [0, 0.1) is 22.9 Å². The van der Waals surface area contributed by atoms with Gasteiger partial charge in [-0.05, 0) is 52.9 Å². The fraction of sp³-hybridized carbons (Fsp3) is 0.125. The van der Waals surface area contributed by atoms with Crippen molar-refractivity contribution < 1.29 is 14.1 Å². The van der Waals surface area contributed by atoms with Gasteiger partial charge in [-0.1, -0.05) is 6.07 Å². The van der Waals surface area contributed by atoms with Crippen LogP contribution in [0.3, 0.4) is 0 Å². The van der Waals surface area contributed by atoms with E-state index in [4.69, 9.17) is 0 Å². The fourth-order valence-corrected chi connectivity index (χ4v) is 3.06. The lowest BCUT2D eigenvalue weighted by molar-refractivity contribution is -0.384. The number of hydrogen-bond acceptors (Lipinski definition) is 7. The molecule has 0 aliphatic carbocycles. The van der Waals surface area contributed by atoms with E-state index in [0.29, 0.717) is 15.6 Å². The first-order valence-electron chi connectivity index (χ1n) is 7.61. The van der Waals surface area contributed by atoms with E-state index in [9.17, 15) is 19.3 Å². The van der Waals surface area contributed by atoms with Crippen LogP contribution in [0.4, 0.5) is 15.8 Å². The average molecular weight is 388 g/mol. The van der Waals surface area contributed by atoms with Gasteiger partial charge in [0.2, 0.25) is 5.16 Å². The van der Waals surface area contributed by atoms with Crippen molar-refractivity contribution in [3.8, 4) is 0 Å². The third kappa shape index (κ3) is 4.08. The van der Waals surface area contributed by atoms with Crippen molar-refractivity contribution in [1.29, 1.82) is 0 Å². The van der Waals surface area contributed by atoms with Gasteiger partial charge in [0, 0.05) is 29.8 Å². The lowest BCUT2D eigenvalue weighted by Crippen LogP contribution is -2.14. The van der Waals surface area contributed by atoms with Gasteiger partial charge in [0.15, 0.2) is 0 Å². The molecule has 27 heavy (non-hydrogen) atoms. The Kier molecular flexibility index (Phi) is 5.12. The minimum atomic E-state index is -0.606. The second-order valence-corrected chi connectivity index (χ2v) is 6.55. The van der Waals surface area contributed by atoms with Crippen molar-refractivity contribution >= 4 is 29.0 Å². The summed E-state index contributed by atoms with van der Waals surface area (Å²) in [4.78, 5) is 23.7. The molecular formula is C16H13FN6O3S. The van der Waals surface area contributed by atoms with E-state index >= 15 is 0 Å². The van der Waals surface area contributed by atoms with Gasteiger partial charge in [-0.15, -0.1) is 5.10 Å². The summed E-state index contributed by atoms with van der Waals surface area (Å²) < 4.78 is 14.9. The van der Waals surface area contributed by atoms with Crippen LogP contribution in [-0.2, 0) is 7.05 Å². The molecule has 9 nitrogen and oxygen atoms in total. The van der Waals surface area contributed by atoms with Gasteiger partial charge in [0.05, 0.1) is 10.5 Å². The normalized spacial score (nSPS) is 10.6. The number of benzene rings is 2. The Hall–Kier alpha value is -3.34. The summed E-state index contributed by atoms with van der Waals surface area (Å²) in [5.74, 6) is -1.11. The highest BCUT2D eigenvalue weighted by atomic mass is 32.2. The smallest absolute Gasteiger partial charge is 0.270 e. The number of nitrogens with zero attached hydrogens (tertiary/aromatic N) is 5. The molecule has 1 N–H and O–H groups in total. The number of hydrogen-bond donors (Lipinski definition) is 1. The third-order valence-corrected chi connectivity index (χ3v) is 4.75. The van der Waals surface area contributed by atoms with Crippen molar-refractivity contribution in [3.05, 3.63) is 63.5 Å².